The molecule has 3 rings (SSSR count). The first-order chi connectivity index (χ1) is 10.3. The van der Waals surface area contributed by atoms with Crippen molar-refractivity contribution in [3.8, 4) is 0 Å². The largest absolute Gasteiger partial charge is 0.748 e. The van der Waals surface area contributed by atoms with E-state index in [2.05, 4.69) is 38.2 Å². The Kier molecular flexibility index (Phi) is 3.91. The monoisotopic (exact) mass is 321 g/mol. The predicted octanol–water partition coefficient (Wildman–Crippen LogP) is 1.65. The molecule has 0 radical (unpaired) electrons. The predicted molar refractivity (Wildman–Crippen MR) is 85.2 cm³/mol. The molecule has 2 atom stereocenters. The summed E-state index contributed by atoms with van der Waals surface area (Å²) in [5.74, 6) is -0.254. The Morgan fingerprint density at radius 3 is 2.82 bits per heavy atom. The molecule has 2 unspecified atom stereocenters. The van der Waals surface area contributed by atoms with E-state index < -0.39 is 10.1 Å². The Bertz CT molecular complexity index is 723. The van der Waals surface area contributed by atoms with Crippen molar-refractivity contribution in [2.24, 2.45) is 0 Å². The number of hydrogen-bond donors (Lipinski definition) is 1. The SMILES string of the molecule is CC1=C[NH+]2CCc3cccc(c32)C1(C)CCCCS(=O)(=O)[O-]. The van der Waals surface area contributed by atoms with Gasteiger partial charge in [0.25, 0.3) is 0 Å². The summed E-state index contributed by atoms with van der Waals surface area (Å²) in [6, 6.07) is 6.56. The Morgan fingerprint density at radius 1 is 1.32 bits per heavy atom. The normalized spacial score (nSPS) is 26.7. The lowest BCUT2D eigenvalue weighted by atomic mass is 9.70. The highest BCUT2D eigenvalue weighted by atomic mass is 32.2. The van der Waals surface area contributed by atoms with E-state index in [4.69, 9.17) is 0 Å². The zero-order valence-electron chi connectivity index (χ0n) is 13.2. The molecular weight excluding hydrogens is 298 g/mol. The number of nitrogens with one attached hydrogen (secondary N) is 1. The summed E-state index contributed by atoms with van der Waals surface area (Å²) in [7, 11) is -4.10. The first-order valence-corrected chi connectivity index (χ1v) is 9.50. The molecule has 22 heavy (non-hydrogen) atoms. The minimum atomic E-state index is -4.10. The highest BCUT2D eigenvalue weighted by molar-refractivity contribution is 7.85. The van der Waals surface area contributed by atoms with E-state index in [9.17, 15) is 13.0 Å². The van der Waals surface area contributed by atoms with Crippen molar-refractivity contribution in [2.45, 2.75) is 44.9 Å². The maximum Gasteiger partial charge on any atom is 0.143 e. The van der Waals surface area contributed by atoms with Crippen LogP contribution in [0.3, 0.4) is 0 Å². The zero-order valence-corrected chi connectivity index (χ0v) is 14.0. The molecule has 0 bridgehead atoms. The molecule has 0 saturated heterocycles. The number of unbranched alkanes of at least 4 members (excludes halogenated alkanes) is 1. The molecule has 5 heteroatoms. The summed E-state index contributed by atoms with van der Waals surface area (Å²) in [6.07, 6.45) is 5.52. The lowest BCUT2D eigenvalue weighted by Crippen LogP contribution is -3.02. The van der Waals surface area contributed by atoms with Gasteiger partial charge in [-0.15, -0.1) is 0 Å². The van der Waals surface area contributed by atoms with Gasteiger partial charge in [-0.3, -0.25) is 4.90 Å². The summed E-state index contributed by atoms with van der Waals surface area (Å²) < 4.78 is 32.3. The number of benzene rings is 1. The second-order valence-electron chi connectivity index (χ2n) is 6.74. The Hall–Kier alpha value is -1.17. The van der Waals surface area contributed by atoms with Crippen LogP contribution in [0, 0.1) is 0 Å². The summed E-state index contributed by atoms with van der Waals surface area (Å²) >= 11 is 0. The molecule has 120 valence electrons. The fourth-order valence-corrected chi connectivity index (χ4v) is 4.47. The molecular formula is C17H23NO3S. The van der Waals surface area contributed by atoms with Gasteiger partial charge in [-0.1, -0.05) is 31.5 Å². The van der Waals surface area contributed by atoms with Crippen LogP contribution in [0.5, 0.6) is 0 Å². The first kappa shape index (κ1) is 15.7. The van der Waals surface area contributed by atoms with Gasteiger partial charge in [-0.25, -0.2) is 8.42 Å². The molecule has 0 aliphatic carbocycles. The fourth-order valence-electron chi connectivity index (χ4n) is 3.91. The van der Waals surface area contributed by atoms with E-state index >= 15 is 0 Å². The molecule has 0 amide bonds. The average Bonchev–Trinajstić information content (AvgIpc) is 2.85. The quantitative estimate of drug-likeness (QED) is 0.662. The van der Waals surface area contributed by atoms with Crippen molar-refractivity contribution < 1.29 is 17.9 Å². The molecule has 0 fully saturated rings. The minimum absolute atomic E-state index is 0.0498. The standard InChI is InChI=1S/C17H23NO3S/c1-13-12-18-10-8-14-6-5-7-15(16(14)18)17(13,2)9-3-4-11-22(19,20)21/h5-7,12H,3-4,8-11H2,1-2H3,(H,19,20,21). The third kappa shape index (κ3) is 2.73. The van der Waals surface area contributed by atoms with Crippen molar-refractivity contribution in [1.82, 2.24) is 0 Å². The summed E-state index contributed by atoms with van der Waals surface area (Å²) in [5, 5.41) is 0. The van der Waals surface area contributed by atoms with Gasteiger partial charge >= 0.3 is 0 Å². The van der Waals surface area contributed by atoms with E-state index in [0.717, 1.165) is 25.8 Å². The van der Waals surface area contributed by atoms with Crippen molar-refractivity contribution in [3.05, 3.63) is 41.1 Å². The molecule has 1 aromatic rings. The lowest BCUT2D eigenvalue weighted by molar-refractivity contribution is -0.770. The molecule has 0 saturated carbocycles. The van der Waals surface area contributed by atoms with E-state index in [1.54, 1.807) is 0 Å². The minimum Gasteiger partial charge on any atom is -0.748 e. The summed E-state index contributed by atoms with van der Waals surface area (Å²) in [6.45, 7) is 5.54. The Balaban J connectivity index is 1.83. The van der Waals surface area contributed by atoms with Crippen molar-refractivity contribution in [2.75, 3.05) is 12.3 Å². The molecule has 2 aliphatic heterocycles. The molecule has 2 heterocycles. The number of allylic oxidation sites excluding steroid dienone is 1. The van der Waals surface area contributed by atoms with Gasteiger partial charge in [0, 0.05) is 28.7 Å². The van der Waals surface area contributed by atoms with E-state index in [1.165, 1.54) is 27.3 Å². The van der Waals surface area contributed by atoms with Crippen molar-refractivity contribution >= 4 is 15.8 Å². The van der Waals surface area contributed by atoms with Gasteiger partial charge in [-0.05, 0) is 25.3 Å². The number of quaternary nitrogens is 1. The first-order valence-electron chi connectivity index (χ1n) is 7.92. The summed E-state index contributed by atoms with van der Waals surface area (Å²) in [5.41, 5.74) is 5.53. The summed E-state index contributed by atoms with van der Waals surface area (Å²) in [4.78, 5) is 1.45. The van der Waals surface area contributed by atoms with E-state index in [-0.39, 0.29) is 11.2 Å². The van der Waals surface area contributed by atoms with Crippen molar-refractivity contribution in [1.29, 1.82) is 0 Å². The number of para-hydroxylation sites is 1. The van der Waals surface area contributed by atoms with Crippen LogP contribution in [-0.4, -0.2) is 25.3 Å². The molecule has 1 aromatic carbocycles. The van der Waals surface area contributed by atoms with Crippen LogP contribution in [0.4, 0.5) is 5.69 Å². The third-order valence-electron chi connectivity index (χ3n) is 5.31. The number of rotatable bonds is 5. The number of hydrogen-bond acceptors (Lipinski definition) is 3. The van der Waals surface area contributed by atoms with Gasteiger partial charge in [0.05, 0.1) is 22.9 Å². The second-order valence-corrected chi connectivity index (χ2v) is 8.27. The van der Waals surface area contributed by atoms with Crippen LogP contribution in [-0.2, 0) is 22.0 Å². The van der Waals surface area contributed by atoms with Gasteiger partial charge in [0.15, 0.2) is 0 Å². The Labute approximate surface area is 132 Å². The third-order valence-corrected chi connectivity index (χ3v) is 6.10. The maximum atomic E-state index is 10.8. The second kappa shape index (κ2) is 5.48. The fraction of sp³-hybridized carbons (Fsp3) is 0.529. The lowest BCUT2D eigenvalue weighted by Gasteiger charge is -2.36. The topological polar surface area (TPSA) is 61.6 Å². The zero-order chi connectivity index (χ0) is 16.0. The molecule has 0 aromatic heterocycles. The van der Waals surface area contributed by atoms with Crippen LogP contribution in [0.15, 0.2) is 30.0 Å². The molecule has 2 aliphatic rings. The van der Waals surface area contributed by atoms with Gasteiger partial charge in [0.2, 0.25) is 0 Å². The highest BCUT2D eigenvalue weighted by Gasteiger charge is 2.41. The van der Waals surface area contributed by atoms with E-state index in [1.807, 2.05) is 0 Å². The Morgan fingerprint density at radius 2 is 2.09 bits per heavy atom. The molecule has 4 nitrogen and oxygen atoms in total. The van der Waals surface area contributed by atoms with Crippen LogP contribution in [0.25, 0.3) is 0 Å². The molecule has 0 spiro atoms. The van der Waals surface area contributed by atoms with Crippen LogP contribution < -0.4 is 4.90 Å². The van der Waals surface area contributed by atoms with Gasteiger partial charge in [-0.2, -0.15) is 0 Å². The average molecular weight is 321 g/mol. The van der Waals surface area contributed by atoms with Crippen LogP contribution >= 0.6 is 0 Å². The van der Waals surface area contributed by atoms with Gasteiger partial charge < -0.3 is 4.55 Å². The van der Waals surface area contributed by atoms with Gasteiger partial charge in [0.1, 0.15) is 5.69 Å². The maximum absolute atomic E-state index is 10.8. The highest BCUT2D eigenvalue weighted by Crippen LogP contribution is 2.43. The molecule has 1 N–H and O–H groups in total. The van der Waals surface area contributed by atoms with Crippen molar-refractivity contribution in [3.63, 3.8) is 0 Å². The van der Waals surface area contributed by atoms with Crippen LogP contribution in [0.2, 0.25) is 0 Å². The smallest absolute Gasteiger partial charge is 0.143 e. The van der Waals surface area contributed by atoms with Crippen LogP contribution in [0.1, 0.15) is 44.2 Å². The van der Waals surface area contributed by atoms with E-state index in [0.29, 0.717) is 6.42 Å².